The van der Waals surface area contributed by atoms with Crippen molar-refractivity contribution >= 4 is 17.4 Å². The lowest BCUT2D eigenvalue weighted by Crippen LogP contribution is -2.36. The maximum absolute atomic E-state index is 11.8. The number of aromatic nitrogens is 2. The maximum Gasteiger partial charge on any atom is 0.330 e. The van der Waals surface area contributed by atoms with Crippen molar-refractivity contribution < 1.29 is 4.79 Å². The summed E-state index contributed by atoms with van der Waals surface area (Å²) < 4.78 is 1.31. The number of nitrogens with zero attached hydrogens (tertiary/aromatic N) is 1. The van der Waals surface area contributed by atoms with Gasteiger partial charge in [0.25, 0.3) is 5.56 Å². The maximum atomic E-state index is 11.8. The Kier molecular flexibility index (Phi) is 5.36. The first-order chi connectivity index (χ1) is 9.36. The van der Waals surface area contributed by atoms with Crippen molar-refractivity contribution in [2.24, 2.45) is 5.73 Å². The molecular weight excluding hydrogens is 262 g/mol. The van der Waals surface area contributed by atoms with Gasteiger partial charge < -0.3 is 16.8 Å². The van der Waals surface area contributed by atoms with E-state index >= 15 is 0 Å². The van der Waals surface area contributed by atoms with Crippen LogP contribution in [0.15, 0.2) is 9.59 Å². The number of nitrogens with one attached hydrogen (secondary N) is 2. The molecule has 0 aromatic carbocycles. The van der Waals surface area contributed by atoms with Crippen molar-refractivity contribution in [1.82, 2.24) is 9.55 Å². The zero-order valence-electron chi connectivity index (χ0n) is 11.7. The highest BCUT2D eigenvalue weighted by atomic mass is 16.2. The minimum Gasteiger partial charge on any atom is -0.383 e. The van der Waals surface area contributed by atoms with E-state index in [2.05, 4.69) is 10.3 Å². The fourth-order valence-electron chi connectivity index (χ4n) is 1.86. The summed E-state index contributed by atoms with van der Waals surface area (Å²) in [5.74, 6) is -0.414. The Morgan fingerprint density at radius 3 is 2.65 bits per heavy atom. The molecule has 8 heteroatoms. The van der Waals surface area contributed by atoms with Gasteiger partial charge in [-0.3, -0.25) is 19.1 Å². The second-order valence-corrected chi connectivity index (χ2v) is 4.74. The zero-order valence-corrected chi connectivity index (χ0v) is 11.7. The van der Waals surface area contributed by atoms with Crippen LogP contribution in [0.2, 0.25) is 0 Å². The van der Waals surface area contributed by atoms with Gasteiger partial charge in [0.05, 0.1) is 0 Å². The predicted octanol–water partition coefficient (Wildman–Crippen LogP) is -0.405. The smallest absolute Gasteiger partial charge is 0.330 e. The Morgan fingerprint density at radius 2 is 2.10 bits per heavy atom. The third kappa shape index (κ3) is 3.87. The van der Waals surface area contributed by atoms with Gasteiger partial charge in [0.1, 0.15) is 11.5 Å². The average Bonchev–Trinajstić information content (AvgIpc) is 2.33. The molecule has 0 aliphatic carbocycles. The summed E-state index contributed by atoms with van der Waals surface area (Å²) in [6.07, 6.45) is 1.73. The van der Waals surface area contributed by atoms with Crippen LogP contribution in [0.4, 0.5) is 11.5 Å². The summed E-state index contributed by atoms with van der Waals surface area (Å²) >= 11 is 0. The minimum atomic E-state index is -0.600. The first kappa shape index (κ1) is 15.8. The fourth-order valence-corrected chi connectivity index (χ4v) is 1.86. The lowest BCUT2D eigenvalue weighted by molar-refractivity contribution is -0.118. The molecule has 1 unspecified atom stereocenters. The zero-order chi connectivity index (χ0) is 15.3. The normalized spacial score (nSPS) is 12.1. The molecule has 0 fully saturated rings. The topological polar surface area (TPSA) is 136 Å². The number of rotatable bonds is 7. The van der Waals surface area contributed by atoms with Crippen molar-refractivity contribution in [3.8, 4) is 0 Å². The molecule has 0 bridgehead atoms. The molecule has 1 heterocycles. The van der Waals surface area contributed by atoms with E-state index < -0.39 is 17.2 Å². The molecule has 0 saturated heterocycles. The largest absolute Gasteiger partial charge is 0.383 e. The van der Waals surface area contributed by atoms with Gasteiger partial charge in [0, 0.05) is 19.0 Å². The van der Waals surface area contributed by atoms with E-state index in [0.29, 0.717) is 6.54 Å². The molecule has 20 heavy (non-hydrogen) atoms. The van der Waals surface area contributed by atoms with Crippen LogP contribution in [-0.2, 0) is 11.3 Å². The second-order valence-electron chi connectivity index (χ2n) is 4.74. The van der Waals surface area contributed by atoms with Gasteiger partial charge in [-0.25, -0.2) is 4.79 Å². The quantitative estimate of drug-likeness (QED) is 0.539. The predicted molar refractivity (Wildman–Crippen MR) is 77.5 cm³/mol. The van der Waals surface area contributed by atoms with Crippen molar-refractivity contribution in [2.75, 3.05) is 11.1 Å². The molecule has 0 aliphatic rings. The van der Waals surface area contributed by atoms with Gasteiger partial charge in [-0.2, -0.15) is 0 Å². The van der Waals surface area contributed by atoms with E-state index in [9.17, 15) is 14.4 Å². The molecule has 0 radical (unpaired) electrons. The van der Waals surface area contributed by atoms with Gasteiger partial charge in [-0.05, 0) is 13.3 Å². The number of nitrogen functional groups attached to an aromatic ring is 1. The van der Waals surface area contributed by atoms with Crippen LogP contribution in [0.25, 0.3) is 0 Å². The van der Waals surface area contributed by atoms with E-state index in [1.807, 2.05) is 6.92 Å². The van der Waals surface area contributed by atoms with Crippen LogP contribution in [0.1, 0.15) is 33.1 Å². The number of primary amides is 1. The van der Waals surface area contributed by atoms with E-state index in [0.717, 1.165) is 12.8 Å². The SMILES string of the molecule is CCCCn1c(N)c(NC(C)CC(N)=O)c(=O)[nH]c1=O. The van der Waals surface area contributed by atoms with E-state index in [4.69, 9.17) is 11.5 Å². The average molecular weight is 283 g/mol. The highest BCUT2D eigenvalue weighted by Crippen LogP contribution is 2.13. The van der Waals surface area contributed by atoms with Gasteiger partial charge >= 0.3 is 5.69 Å². The summed E-state index contributed by atoms with van der Waals surface area (Å²) in [5.41, 5.74) is 9.92. The van der Waals surface area contributed by atoms with Gasteiger partial charge in [0.15, 0.2) is 0 Å². The molecule has 1 amide bonds. The summed E-state index contributed by atoms with van der Waals surface area (Å²) in [4.78, 5) is 36.5. The van der Waals surface area contributed by atoms with Crippen molar-refractivity contribution in [1.29, 1.82) is 0 Å². The summed E-state index contributed by atoms with van der Waals surface area (Å²) in [6.45, 7) is 4.11. The number of carbonyl (C=O) groups excluding carboxylic acids is 1. The lowest BCUT2D eigenvalue weighted by atomic mass is 10.2. The van der Waals surface area contributed by atoms with Gasteiger partial charge in [-0.15, -0.1) is 0 Å². The molecule has 112 valence electrons. The molecule has 1 aromatic heterocycles. The van der Waals surface area contributed by atoms with Gasteiger partial charge in [0.2, 0.25) is 5.91 Å². The number of hydrogen-bond donors (Lipinski definition) is 4. The summed E-state index contributed by atoms with van der Waals surface area (Å²) in [5, 5.41) is 2.82. The van der Waals surface area contributed by atoms with E-state index in [-0.39, 0.29) is 24.0 Å². The van der Waals surface area contributed by atoms with Crippen LogP contribution in [0.5, 0.6) is 0 Å². The summed E-state index contributed by atoms with van der Waals surface area (Å²) in [7, 11) is 0. The number of hydrogen-bond acceptors (Lipinski definition) is 5. The van der Waals surface area contributed by atoms with E-state index in [1.54, 1.807) is 6.92 Å². The first-order valence-electron chi connectivity index (χ1n) is 6.54. The molecule has 0 spiro atoms. The Hall–Kier alpha value is -2.25. The van der Waals surface area contributed by atoms with Crippen LogP contribution < -0.4 is 28.0 Å². The molecule has 6 N–H and O–H groups in total. The molecule has 8 nitrogen and oxygen atoms in total. The van der Waals surface area contributed by atoms with Crippen molar-refractivity contribution in [3.63, 3.8) is 0 Å². The number of unbranched alkanes of at least 4 members (excludes halogenated alkanes) is 1. The highest BCUT2D eigenvalue weighted by molar-refractivity contribution is 5.75. The van der Waals surface area contributed by atoms with E-state index in [1.165, 1.54) is 4.57 Å². The Bertz CT molecular complexity index is 590. The van der Waals surface area contributed by atoms with Crippen molar-refractivity contribution in [2.45, 2.75) is 45.7 Å². The fraction of sp³-hybridized carbons (Fsp3) is 0.583. The molecular formula is C12H21N5O3. The molecule has 0 saturated carbocycles. The number of nitrogens with two attached hydrogens (primary N) is 2. The lowest BCUT2D eigenvalue weighted by Gasteiger charge is -2.17. The second kappa shape index (κ2) is 6.78. The number of amides is 1. The molecule has 1 atom stereocenters. The molecule has 0 aliphatic heterocycles. The van der Waals surface area contributed by atoms with Crippen LogP contribution in [-0.4, -0.2) is 21.5 Å². The Labute approximate surface area is 116 Å². The highest BCUT2D eigenvalue weighted by Gasteiger charge is 2.15. The summed E-state index contributed by atoms with van der Waals surface area (Å²) in [6, 6.07) is -0.354. The Morgan fingerprint density at radius 1 is 1.45 bits per heavy atom. The standard InChI is InChI=1S/C12H21N5O3/c1-3-4-5-17-10(14)9(11(19)16-12(17)20)15-7(2)6-8(13)18/h7,15H,3-6,14H2,1-2H3,(H2,13,18)(H,16,19,20). The first-order valence-corrected chi connectivity index (χ1v) is 6.54. The third-order valence-corrected chi connectivity index (χ3v) is 2.87. The number of anilines is 2. The van der Waals surface area contributed by atoms with Crippen molar-refractivity contribution in [3.05, 3.63) is 20.8 Å². The van der Waals surface area contributed by atoms with Gasteiger partial charge in [-0.1, -0.05) is 13.3 Å². The number of aromatic amines is 1. The van der Waals surface area contributed by atoms with Crippen LogP contribution in [0, 0.1) is 0 Å². The third-order valence-electron chi connectivity index (χ3n) is 2.87. The molecule has 1 rings (SSSR count). The molecule has 1 aromatic rings. The Balaban J connectivity index is 3.10. The van der Waals surface area contributed by atoms with Crippen LogP contribution >= 0.6 is 0 Å². The van der Waals surface area contributed by atoms with Crippen LogP contribution in [0.3, 0.4) is 0 Å². The minimum absolute atomic E-state index is 0.0625. The number of H-pyrrole nitrogens is 1. The number of carbonyl (C=O) groups is 1. The monoisotopic (exact) mass is 283 g/mol.